The number of nitrogens with zero attached hydrogens (tertiary/aromatic N) is 1. The highest BCUT2D eigenvalue weighted by atomic mass is 19.2. The van der Waals surface area contributed by atoms with Crippen molar-refractivity contribution in [2.75, 3.05) is 0 Å². The Kier molecular flexibility index (Phi) is 4.19. The van der Waals surface area contributed by atoms with Gasteiger partial charge in [-0.05, 0) is 42.7 Å². The first-order chi connectivity index (χ1) is 11.7. The van der Waals surface area contributed by atoms with Crippen LogP contribution in [0.25, 0.3) is 10.9 Å². The molecule has 0 radical (unpaired) electrons. The van der Waals surface area contributed by atoms with Crippen molar-refractivity contribution in [2.45, 2.75) is 33.1 Å². The van der Waals surface area contributed by atoms with E-state index < -0.39 is 17.0 Å². The van der Waals surface area contributed by atoms with E-state index in [0.29, 0.717) is 28.1 Å². The van der Waals surface area contributed by atoms with Gasteiger partial charge in [0.15, 0.2) is 11.6 Å². The Balaban J connectivity index is 2.12. The summed E-state index contributed by atoms with van der Waals surface area (Å²) in [5.74, 6) is -1.56. The summed E-state index contributed by atoms with van der Waals surface area (Å²) in [4.78, 5) is 4.11. The minimum Gasteiger partial charge on any atom is -0.455 e. The van der Waals surface area contributed by atoms with Crippen LogP contribution in [0.4, 0.5) is 13.2 Å². The summed E-state index contributed by atoms with van der Waals surface area (Å²) in [5, 5.41) is 0.410. The first-order valence-corrected chi connectivity index (χ1v) is 7.90. The molecule has 0 saturated heterocycles. The second kappa shape index (κ2) is 6.06. The van der Waals surface area contributed by atoms with Crippen LogP contribution in [0.1, 0.15) is 32.0 Å². The fraction of sp³-hybridized carbons (Fsp3) is 0.250. The minimum atomic E-state index is -0.992. The number of benzene rings is 2. The molecule has 0 aliphatic carbocycles. The van der Waals surface area contributed by atoms with Crippen molar-refractivity contribution in [1.29, 1.82) is 0 Å². The molecule has 0 fully saturated rings. The Morgan fingerprint density at radius 1 is 0.920 bits per heavy atom. The standard InChI is InChI=1S/C20H18F3NO/c1-11-16(10-12-8-9-14(22)18(23)19(12)24-11)25-15-7-5-6-13(21)17(15)20(2,3)4/h5-10H,1-4H3. The molecule has 0 N–H and O–H groups in total. The molecular formula is C20H18F3NO. The Bertz CT molecular complexity index is 961. The zero-order chi connectivity index (χ0) is 18.4. The lowest BCUT2D eigenvalue weighted by molar-refractivity contribution is 0.433. The van der Waals surface area contributed by atoms with Crippen LogP contribution in [0, 0.1) is 24.4 Å². The van der Waals surface area contributed by atoms with Crippen LogP contribution in [-0.2, 0) is 5.41 Å². The van der Waals surface area contributed by atoms with Gasteiger partial charge in [0.05, 0.1) is 5.69 Å². The molecule has 0 amide bonds. The molecule has 3 rings (SSSR count). The number of aryl methyl sites for hydroxylation is 1. The molecule has 1 heterocycles. The highest BCUT2D eigenvalue weighted by molar-refractivity contribution is 5.81. The SMILES string of the molecule is Cc1nc2c(F)c(F)ccc2cc1Oc1cccc(F)c1C(C)(C)C. The van der Waals surface area contributed by atoms with E-state index in [0.717, 1.165) is 6.07 Å². The van der Waals surface area contributed by atoms with Crippen molar-refractivity contribution in [3.8, 4) is 11.5 Å². The summed E-state index contributed by atoms with van der Waals surface area (Å²) in [6.07, 6.45) is 0. The van der Waals surface area contributed by atoms with Gasteiger partial charge in [0.1, 0.15) is 22.8 Å². The fourth-order valence-electron chi connectivity index (χ4n) is 2.79. The summed E-state index contributed by atoms with van der Waals surface area (Å²) in [6.45, 7) is 7.31. The first kappa shape index (κ1) is 17.3. The van der Waals surface area contributed by atoms with Gasteiger partial charge in [-0.15, -0.1) is 0 Å². The third-order valence-corrected chi connectivity index (χ3v) is 3.97. The van der Waals surface area contributed by atoms with Gasteiger partial charge >= 0.3 is 0 Å². The minimum absolute atomic E-state index is 0.0554. The molecule has 2 nitrogen and oxygen atoms in total. The molecule has 0 bridgehead atoms. The molecule has 130 valence electrons. The number of fused-ring (bicyclic) bond motifs is 1. The number of pyridine rings is 1. The fourth-order valence-corrected chi connectivity index (χ4v) is 2.79. The Morgan fingerprint density at radius 3 is 2.32 bits per heavy atom. The zero-order valence-electron chi connectivity index (χ0n) is 14.5. The Labute approximate surface area is 144 Å². The smallest absolute Gasteiger partial charge is 0.184 e. The third kappa shape index (κ3) is 3.18. The van der Waals surface area contributed by atoms with Crippen LogP contribution in [0.2, 0.25) is 0 Å². The maximum absolute atomic E-state index is 14.3. The molecule has 1 aromatic heterocycles. The molecule has 0 spiro atoms. The van der Waals surface area contributed by atoms with Crippen molar-refractivity contribution in [2.24, 2.45) is 0 Å². The van der Waals surface area contributed by atoms with Gasteiger partial charge in [0, 0.05) is 10.9 Å². The summed E-state index contributed by atoms with van der Waals surface area (Å²) in [7, 11) is 0. The number of halogens is 3. The van der Waals surface area contributed by atoms with Crippen molar-refractivity contribution >= 4 is 10.9 Å². The zero-order valence-corrected chi connectivity index (χ0v) is 14.5. The highest BCUT2D eigenvalue weighted by Gasteiger charge is 2.24. The average Bonchev–Trinajstić information content (AvgIpc) is 2.51. The lowest BCUT2D eigenvalue weighted by Gasteiger charge is -2.23. The van der Waals surface area contributed by atoms with Crippen molar-refractivity contribution in [1.82, 2.24) is 4.98 Å². The summed E-state index contributed by atoms with van der Waals surface area (Å²) in [6, 6.07) is 8.69. The number of hydrogen-bond acceptors (Lipinski definition) is 2. The largest absolute Gasteiger partial charge is 0.455 e. The van der Waals surface area contributed by atoms with E-state index in [1.165, 1.54) is 12.1 Å². The van der Waals surface area contributed by atoms with E-state index in [-0.39, 0.29) is 11.3 Å². The summed E-state index contributed by atoms with van der Waals surface area (Å²) < 4.78 is 47.5. The highest BCUT2D eigenvalue weighted by Crippen LogP contribution is 2.37. The number of ether oxygens (including phenoxy) is 1. The van der Waals surface area contributed by atoms with E-state index in [9.17, 15) is 13.2 Å². The van der Waals surface area contributed by atoms with Gasteiger partial charge in [0.2, 0.25) is 0 Å². The van der Waals surface area contributed by atoms with E-state index in [1.807, 2.05) is 20.8 Å². The molecular weight excluding hydrogens is 327 g/mol. The van der Waals surface area contributed by atoms with E-state index >= 15 is 0 Å². The van der Waals surface area contributed by atoms with E-state index in [4.69, 9.17) is 4.74 Å². The Hall–Kier alpha value is -2.56. The van der Waals surface area contributed by atoms with Crippen LogP contribution in [0.3, 0.4) is 0 Å². The second-order valence-corrected chi connectivity index (χ2v) is 6.97. The molecule has 0 atom stereocenters. The van der Waals surface area contributed by atoms with Gasteiger partial charge < -0.3 is 4.74 Å². The molecule has 3 aromatic rings. The second-order valence-electron chi connectivity index (χ2n) is 6.97. The van der Waals surface area contributed by atoms with Crippen molar-refractivity contribution in [3.05, 3.63) is 65.1 Å². The molecule has 25 heavy (non-hydrogen) atoms. The quantitative estimate of drug-likeness (QED) is 0.564. The summed E-state index contributed by atoms with van der Waals surface area (Å²) in [5.41, 5.74) is 0.315. The van der Waals surface area contributed by atoms with Gasteiger partial charge in [0.25, 0.3) is 0 Å². The lowest BCUT2D eigenvalue weighted by Crippen LogP contribution is -2.15. The average molecular weight is 345 g/mol. The third-order valence-electron chi connectivity index (χ3n) is 3.97. The lowest BCUT2D eigenvalue weighted by atomic mass is 9.86. The van der Waals surface area contributed by atoms with E-state index in [1.54, 1.807) is 25.1 Å². The molecule has 5 heteroatoms. The van der Waals surface area contributed by atoms with Crippen molar-refractivity contribution in [3.63, 3.8) is 0 Å². The molecule has 0 aliphatic heterocycles. The van der Waals surface area contributed by atoms with Crippen LogP contribution in [0.15, 0.2) is 36.4 Å². The molecule has 2 aromatic carbocycles. The first-order valence-electron chi connectivity index (χ1n) is 7.90. The van der Waals surface area contributed by atoms with Gasteiger partial charge in [-0.1, -0.05) is 26.8 Å². The van der Waals surface area contributed by atoms with Gasteiger partial charge in [-0.25, -0.2) is 18.2 Å². The van der Waals surface area contributed by atoms with Gasteiger partial charge in [-0.3, -0.25) is 0 Å². The normalized spacial score (nSPS) is 11.8. The maximum Gasteiger partial charge on any atom is 0.184 e. The van der Waals surface area contributed by atoms with Gasteiger partial charge in [-0.2, -0.15) is 0 Å². The summed E-state index contributed by atoms with van der Waals surface area (Å²) >= 11 is 0. The molecule has 0 unspecified atom stereocenters. The van der Waals surface area contributed by atoms with Crippen LogP contribution >= 0.6 is 0 Å². The number of hydrogen-bond donors (Lipinski definition) is 0. The molecule has 0 saturated carbocycles. The predicted molar refractivity (Wildman–Crippen MR) is 91.6 cm³/mol. The van der Waals surface area contributed by atoms with Crippen LogP contribution < -0.4 is 4.74 Å². The monoisotopic (exact) mass is 345 g/mol. The van der Waals surface area contributed by atoms with E-state index in [2.05, 4.69) is 4.98 Å². The predicted octanol–water partition coefficient (Wildman–Crippen LogP) is 6.05. The number of aromatic nitrogens is 1. The van der Waals surface area contributed by atoms with Crippen LogP contribution in [-0.4, -0.2) is 4.98 Å². The number of rotatable bonds is 2. The topological polar surface area (TPSA) is 22.1 Å². The Morgan fingerprint density at radius 2 is 1.64 bits per heavy atom. The maximum atomic E-state index is 14.3. The molecule has 0 aliphatic rings. The van der Waals surface area contributed by atoms with Crippen LogP contribution in [0.5, 0.6) is 11.5 Å². The van der Waals surface area contributed by atoms with Crippen molar-refractivity contribution < 1.29 is 17.9 Å².